The maximum Gasteiger partial charge on any atom is 0.274 e. The summed E-state index contributed by atoms with van der Waals surface area (Å²) >= 11 is 6.03. The van der Waals surface area contributed by atoms with E-state index in [1.807, 2.05) is 48.5 Å². The minimum atomic E-state index is -0.127. The van der Waals surface area contributed by atoms with Crippen molar-refractivity contribution in [3.05, 3.63) is 77.4 Å². The first-order valence-corrected chi connectivity index (χ1v) is 9.65. The molecule has 0 bridgehead atoms. The molecular formula is C22H19ClN4O3. The van der Waals surface area contributed by atoms with Crippen molar-refractivity contribution in [2.45, 2.75) is 13.1 Å². The lowest BCUT2D eigenvalue weighted by atomic mass is 10.2. The molecule has 0 fully saturated rings. The lowest BCUT2D eigenvalue weighted by molar-refractivity contribution is -0.121. The number of carbonyl (C=O) groups is 1. The first-order chi connectivity index (χ1) is 14.6. The van der Waals surface area contributed by atoms with Crippen LogP contribution in [0.15, 0.2) is 71.4 Å². The summed E-state index contributed by atoms with van der Waals surface area (Å²) in [5.74, 6) is 1.42. The van der Waals surface area contributed by atoms with E-state index in [4.69, 9.17) is 20.9 Å². The molecule has 4 aromatic rings. The molecule has 0 radical (unpaired) electrons. The van der Waals surface area contributed by atoms with E-state index >= 15 is 0 Å². The smallest absolute Gasteiger partial charge is 0.274 e. The molecule has 0 aliphatic rings. The number of amides is 1. The molecule has 1 N–H and O–H groups in total. The normalized spacial score (nSPS) is 10.7. The third kappa shape index (κ3) is 4.52. The monoisotopic (exact) mass is 422 g/mol. The van der Waals surface area contributed by atoms with E-state index in [1.165, 1.54) is 0 Å². The van der Waals surface area contributed by atoms with E-state index in [-0.39, 0.29) is 12.5 Å². The Bertz CT molecular complexity index is 1150. The third-order valence-corrected chi connectivity index (χ3v) is 4.76. The number of rotatable bonds is 7. The maximum atomic E-state index is 12.4. The van der Waals surface area contributed by atoms with Gasteiger partial charge in [0, 0.05) is 23.3 Å². The van der Waals surface area contributed by atoms with Crippen molar-refractivity contribution in [2.75, 3.05) is 7.11 Å². The fourth-order valence-corrected chi connectivity index (χ4v) is 3.16. The summed E-state index contributed by atoms with van der Waals surface area (Å²) in [6.07, 6.45) is 1.80. The quantitative estimate of drug-likeness (QED) is 0.483. The minimum Gasteiger partial charge on any atom is -0.497 e. The molecule has 30 heavy (non-hydrogen) atoms. The zero-order valence-corrected chi connectivity index (χ0v) is 17.0. The zero-order chi connectivity index (χ0) is 20.9. The van der Waals surface area contributed by atoms with Gasteiger partial charge < -0.3 is 19.1 Å². The molecule has 2 heterocycles. The Kier molecular flexibility index (Phi) is 5.81. The van der Waals surface area contributed by atoms with Crippen LogP contribution in [-0.2, 0) is 17.9 Å². The predicted molar refractivity (Wildman–Crippen MR) is 113 cm³/mol. The molecule has 8 heteroatoms. The highest BCUT2D eigenvalue weighted by Crippen LogP contribution is 2.24. The summed E-state index contributed by atoms with van der Waals surface area (Å²) in [7, 11) is 1.62. The van der Waals surface area contributed by atoms with Gasteiger partial charge in [0.1, 0.15) is 18.0 Å². The Morgan fingerprint density at radius 3 is 2.77 bits per heavy atom. The van der Waals surface area contributed by atoms with Gasteiger partial charge in [-0.1, -0.05) is 41.0 Å². The Morgan fingerprint density at radius 1 is 1.17 bits per heavy atom. The first kappa shape index (κ1) is 19.7. The van der Waals surface area contributed by atoms with E-state index in [0.717, 1.165) is 16.9 Å². The largest absolute Gasteiger partial charge is 0.497 e. The molecule has 7 nitrogen and oxygen atoms in total. The summed E-state index contributed by atoms with van der Waals surface area (Å²) in [6, 6.07) is 18.4. The number of nitrogens with zero attached hydrogens (tertiary/aromatic N) is 3. The maximum absolute atomic E-state index is 12.4. The lowest BCUT2D eigenvalue weighted by Crippen LogP contribution is -2.27. The second-order valence-electron chi connectivity index (χ2n) is 6.58. The molecule has 0 aliphatic carbocycles. The van der Waals surface area contributed by atoms with Gasteiger partial charge in [-0.25, -0.2) is 0 Å². The van der Waals surface area contributed by atoms with Crippen LogP contribution in [0, 0.1) is 0 Å². The molecule has 2 aromatic carbocycles. The summed E-state index contributed by atoms with van der Waals surface area (Å²) < 4.78 is 12.3. The molecule has 4 rings (SSSR count). The fraction of sp³-hybridized carbons (Fsp3) is 0.136. The first-order valence-electron chi connectivity index (χ1n) is 9.27. The van der Waals surface area contributed by atoms with Crippen LogP contribution < -0.4 is 10.1 Å². The van der Waals surface area contributed by atoms with Gasteiger partial charge in [0.05, 0.1) is 7.11 Å². The van der Waals surface area contributed by atoms with E-state index in [9.17, 15) is 4.79 Å². The van der Waals surface area contributed by atoms with E-state index in [0.29, 0.717) is 29.0 Å². The number of hydrogen-bond donors (Lipinski definition) is 1. The van der Waals surface area contributed by atoms with Gasteiger partial charge in [0.25, 0.3) is 5.89 Å². The number of benzene rings is 2. The summed E-state index contributed by atoms with van der Waals surface area (Å²) in [5, 5.41) is 7.53. The average molecular weight is 423 g/mol. The Balaban J connectivity index is 1.42. The van der Waals surface area contributed by atoms with Gasteiger partial charge in [-0.2, -0.15) is 4.98 Å². The molecule has 0 atom stereocenters. The molecule has 0 spiro atoms. The second kappa shape index (κ2) is 8.84. The molecule has 0 unspecified atom stereocenters. The van der Waals surface area contributed by atoms with E-state index in [1.54, 1.807) is 30.0 Å². The van der Waals surface area contributed by atoms with Crippen molar-refractivity contribution in [3.63, 3.8) is 0 Å². The lowest BCUT2D eigenvalue weighted by Gasteiger charge is -2.08. The van der Waals surface area contributed by atoms with Crippen LogP contribution in [0.3, 0.4) is 0 Å². The highest BCUT2D eigenvalue weighted by atomic mass is 35.5. The molecule has 0 saturated heterocycles. The summed E-state index contributed by atoms with van der Waals surface area (Å²) in [6.45, 7) is 0.562. The van der Waals surface area contributed by atoms with Gasteiger partial charge in [0.15, 0.2) is 0 Å². The Morgan fingerprint density at radius 2 is 2.00 bits per heavy atom. The van der Waals surface area contributed by atoms with Crippen molar-refractivity contribution in [3.8, 4) is 28.7 Å². The van der Waals surface area contributed by atoms with E-state index < -0.39 is 0 Å². The van der Waals surface area contributed by atoms with Gasteiger partial charge in [-0.05, 0) is 42.0 Å². The minimum absolute atomic E-state index is 0.127. The molecule has 2 aromatic heterocycles. The van der Waals surface area contributed by atoms with Crippen molar-refractivity contribution in [1.29, 1.82) is 0 Å². The highest BCUT2D eigenvalue weighted by molar-refractivity contribution is 6.30. The van der Waals surface area contributed by atoms with Gasteiger partial charge in [-0.15, -0.1) is 0 Å². The van der Waals surface area contributed by atoms with Crippen LogP contribution in [0.2, 0.25) is 5.02 Å². The number of halogens is 1. The number of nitrogens with one attached hydrogen (secondary N) is 1. The molecule has 0 aliphatic heterocycles. The molecule has 152 valence electrons. The molecule has 1 amide bonds. The number of aromatic nitrogens is 3. The van der Waals surface area contributed by atoms with Crippen molar-refractivity contribution in [1.82, 2.24) is 20.0 Å². The predicted octanol–water partition coefficient (Wildman–Crippen LogP) is 4.18. The number of ether oxygens (including phenoxy) is 1. The number of methoxy groups -OCH3 is 1. The standard InChI is InChI=1S/C22H19ClN4O3/c1-29-18-9-7-15(8-10-18)13-24-20(28)14-27-11-3-6-19(27)22-25-21(26-30-22)16-4-2-5-17(23)12-16/h2-12H,13-14H2,1H3,(H,24,28). The van der Waals surface area contributed by atoms with Crippen LogP contribution in [0.5, 0.6) is 5.75 Å². The van der Waals surface area contributed by atoms with Crippen molar-refractivity contribution >= 4 is 17.5 Å². The van der Waals surface area contributed by atoms with Gasteiger partial charge in [-0.3, -0.25) is 4.79 Å². The second-order valence-corrected chi connectivity index (χ2v) is 7.02. The molecule has 0 saturated carbocycles. The SMILES string of the molecule is COc1ccc(CNC(=O)Cn2cccc2-c2nc(-c3cccc(Cl)c3)no2)cc1. The van der Waals surface area contributed by atoms with Crippen molar-refractivity contribution < 1.29 is 14.1 Å². The topological polar surface area (TPSA) is 82.2 Å². The summed E-state index contributed by atoms with van der Waals surface area (Å²) in [5.41, 5.74) is 2.41. The van der Waals surface area contributed by atoms with Crippen LogP contribution in [0.4, 0.5) is 0 Å². The van der Waals surface area contributed by atoms with Crippen LogP contribution in [0.25, 0.3) is 23.0 Å². The number of hydrogen-bond acceptors (Lipinski definition) is 5. The number of carbonyl (C=O) groups excluding carboxylic acids is 1. The Hall–Kier alpha value is -3.58. The van der Waals surface area contributed by atoms with Gasteiger partial charge >= 0.3 is 0 Å². The average Bonchev–Trinajstić information content (AvgIpc) is 3.42. The van der Waals surface area contributed by atoms with Crippen LogP contribution >= 0.6 is 11.6 Å². The summed E-state index contributed by atoms with van der Waals surface area (Å²) in [4.78, 5) is 16.9. The van der Waals surface area contributed by atoms with Crippen LogP contribution in [0.1, 0.15) is 5.56 Å². The fourth-order valence-electron chi connectivity index (χ4n) is 2.97. The van der Waals surface area contributed by atoms with Crippen LogP contribution in [-0.4, -0.2) is 27.7 Å². The van der Waals surface area contributed by atoms with E-state index in [2.05, 4.69) is 15.5 Å². The van der Waals surface area contributed by atoms with Crippen molar-refractivity contribution in [2.24, 2.45) is 0 Å². The highest BCUT2D eigenvalue weighted by Gasteiger charge is 2.15. The Labute approximate surface area is 178 Å². The van der Waals surface area contributed by atoms with Gasteiger partial charge in [0.2, 0.25) is 11.7 Å². The molecular weight excluding hydrogens is 404 g/mol. The zero-order valence-electron chi connectivity index (χ0n) is 16.2. The third-order valence-electron chi connectivity index (χ3n) is 4.52.